The maximum atomic E-state index is 12.4. The number of esters is 1. The standard InChI is InChI=1S/C16H27N5O3/c1-12-10-20(11-16(12,2)14(22)24-5)15(23)17-13-6-7-21(18-13)9-8-19(3)4/h6-7,12H,8-11H2,1-5H3,(H,17,18,23)/t12-,16-/m1/s1. The maximum Gasteiger partial charge on any atom is 0.323 e. The molecule has 8 heteroatoms. The monoisotopic (exact) mass is 337 g/mol. The molecule has 1 aliphatic heterocycles. The normalized spacial score (nSPS) is 23.6. The zero-order valence-electron chi connectivity index (χ0n) is 15.1. The van der Waals surface area contributed by atoms with Crippen LogP contribution in [0.1, 0.15) is 13.8 Å². The van der Waals surface area contributed by atoms with Crippen LogP contribution in [0.25, 0.3) is 0 Å². The molecule has 0 radical (unpaired) electrons. The number of amides is 2. The molecule has 1 N–H and O–H groups in total. The second kappa shape index (κ2) is 7.21. The van der Waals surface area contributed by atoms with Crippen molar-refractivity contribution < 1.29 is 14.3 Å². The molecular weight excluding hydrogens is 310 g/mol. The predicted octanol–water partition coefficient (Wildman–Crippen LogP) is 1.11. The molecule has 0 aromatic carbocycles. The summed E-state index contributed by atoms with van der Waals surface area (Å²) < 4.78 is 6.68. The quantitative estimate of drug-likeness (QED) is 0.814. The molecule has 1 aromatic heterocycles. The molecule has 0 saturated carbocycles. The minimum atomic E-state index is -0.669. The van der Waals surface area contributed by atoms with E-state index >= 15 is 0 Å². The van der Waals surface area contributed by atoms with Gasteiger partial charge in [0.1, 0.15) is 0 Å². The topological polar surface area (TPSA) is 79.7 Å². The lowest BCUT2D eigenvalue weighted by Crippen LogP contribution is -2.38. The Morgan fingerprint density at radius 1 is 1.50 bits per heavy atom. The number of nitrogens with one attached hydrogen (secondary N) is 1. The zero-order chi connectivity index (χ0) is 17.9. The molecule has 24 heavy (non-hydrogen) atoms. The number of urea groups is 1. The Morgan fingerprint density at radius 2 is 2.21 bits per heavy atom. The number of likely N-dealkylation sites (N-methyl/N-ethyl adjacent to an activating group) is 1. The van der Waals surface area contributed by atoms with Crippen LogP contribution in [-0.2, 0) is 16.1 Å². The highest BCUT2D eigenvalue weighted by Gasteiger charge is 2.48. The Balaban J connectivity index is 1.95. The van der Waals surface area contributed by atoms with Gasteiger partial charge in [-0.25, -0.2) is 4.79 Å². The fourth-order valence-corrected chi connectivity index (χ4v) is 2.85. The lowest BCUT2D eigenvalue weighted by molar-refractivity contribution is -0.152. The number of aromatic nitrogens is 2. The summed E-state index contributed by atoms with van der Waals surface area (Å²) in [4.78, 5) is 28.2. The summed E-state index contributed by atoms with van der Waals surface area (Å²) in [5, 5.41) is 7.14. The number of rotatable bonds is 5. The molecule has 0 bridgehead atoms. The highest BCUT2D eigenvalue weighted by Crippen LogP contribution is 2.36. The van der Waals surface area contributed by atoms with Crippen LogP contribution in [0.4, 0.5) is 10.6 Å². The van der Waals surface area contributed by atoms with Crippen molar-refractivity contribution in [1.82, 2.24) is 19.6 Å². The highest BCUT2D eigenvalue weighted by molar-refractivity contribution is 5.89. The predicted molar refractivity (Wildman–Crippen MR) is 90.7 cm³/mol. The van der Waals surface area contributed by atoms with Crippen LogP contribution in [0.15, 0.2) is 12.3 Å². The van der Waals surface area contributed by atoms with Gasteiger partial charge in [0.15, 0.2) is 5.82 Å². The molecule has 2 rings (SSSR count). The van der Waals surface area contributed by atoms with E-state index in [-0.39, 0.29) is 17.9 Å². The number of methoxy groups -OCH3 is 1. The van der Waals surface area contributed by atoms with E-state index in [1.54, 1.807) is 15.6 Å². The second-order valence-electron chi connectivity index (χ2n) is 6.89. The van der Waals surface area contributed by atoms with Crippen LogP contribution in [-0.4, -0.2) is 72.4 Å². The molecule has 0 spiro atoms. The molecule has 0 unspecified atom stereocenters. The van der Waals surface area contributed by atoms with Crippen LogP contribution < -0.4 is 5.32 Å². The van der Waals surface area contributed by atoms with Gasteiger partial charge < -0.3 is 14.5 Å². The van der Waals surface area contributed by atoms with E-state index in [4.69, 9.17) is 4.74 Å². The molecule has 1 saturated heterocycles. The van der Waals surface area contributed by atoms with E-state index in [1.165, 1.54) is 7.11 Å². The van der Waals surface area contributed by atoms with Crippen LogP contribution in [0.2, 0.25) is 0 Å². The maximum absolute atomic E-state index is 12.4. The number of likely N-dealkylation sites (tertiary alicyclic amines) is 1. The Bertz CT molecular complexity index is 600. The number of carbonyl (C=O) groups excluding carboxylic acids is 2. The second-order valence-corrected chi connectivity index (χ2v) is 6.89. The summed E-state index contributed by atoms with van der Waals surface area (Å²) in [5.74, 6) is 0.268. The number of nitrogens with zero attached hydrogens (tertiary/aromatic N) is 4. The number of anilines is 1. The fraction of sp³-hybridized carbons (Fsp3) is 0.688. The van der Waals surface area contributed by atoms with Gasteiger partial charge in [-0.2, -0.15) is 5.10 Å². The van der Waals surface area contributed by atoms with Gasteiger partial charge in [-0.05, 0) is 26.9 Å². The Labute approximate surface area is 142 Å². The Hall–Kier alpha value is -2.09. The number of carbonyl (C=O) groups is 2. The van der Waals surface area contributed by atoms with Gasteiger partial charge in [0.05, 0.1) is 19.1 Å². The van der Waals surface area contributed by atoms with Gasteiger partial charge in [0.2, 0.25) is 0 Å². The van der Waals surface area contributed by atoms with Crippen molar-refractivity contribution in [3.05, 3.63) is 12.3 Å². The summed E-state index contributed by atoms with van der Waals surface area (Å²) in [7, 11) is 5.38. The van der Waals surface area contributed by atoms with Crippen molar-refractivity contribution in [3.63, 3.8) is 0 Å². The Morgan fingerprint density at radius 3 is 2.83 bits per heavy atom. The van der Waals surface area contributed by atoms with Crippen molar-refractivity contribution in [3.8, 4) is 0 Å². The van der Waals surface area contributed by atoms with Crippen molar-refractivity contribution in [2.24, 2.45) is 11.3 Å². The van der Waals surface area contributed by atoms with Gasteiger partial charge in [-0.3, -0.25) is 14.8 Å². The van der Waals surface area contributed by atoms with Crippen molar-refractivity contribution in [1.29, 1.82) is 0 Å². The summed E-state index contributed by atoms with van der Waals surface area (Å²) in [5.41, 5.74) is -0.669. The molecule has 1 fully saturated rings. The fourth-order valence-electron chi connectivity index (χ4n) is 2.85. The first kappa shape index (κ1) is 18.3. The van der Waals surface area contributed by atoms with E-state index in [0.29, 0.717) is 18.9 Å². The number of hydrogen-bond donors (Lipinski definition) is 1. The Kier molecular flexibility index (Phi) is 5.48. The van der Waals surface area contributed by atoms with Crippen LogP contribution in [0.5, 0.6) is 0 Å². The molecule has 0 aliphatic carbocycles. The number of ether oxygens (including phenoxy) is 1. The largest absolute Gasteiger partial charge is 0.469 e. The van der Waals surface area contributed by atoms with Gasteiger partial charge in [0, 0.05) is 31.9 Å². The van der Waals surface area contributed by atoms with Gasteiger partial charge in [-0.15, -0.1) is 0 Å². The molecule has 134 valence electrons. The third kappa shape index (κ3) is 3.87. The van der Waals surface area contributed by atoms with E-state index in [1.807, 2.05) is 34.1 Å². The third-order valence-electron chi connectivity index (χ3n) is 4.69. The SMILES string of the molecule is COC(=O)[C@]1(C)CN(C(=O)Nc2ccn(CCN(C)C)n2)C[C@H]1C. The van der Waals surface area contributed by atoms with Gasteiger partial charge >= 0.3 is 12.0 Å². The lowest BCUT2D eigenvalue weighted by atomic mass is 9.81. The van der Waals surface area contributed by atoms with E-state index in [9.17, 15) is 9.59 Å². The highest BCUT2D eigenvalue weighted by atomic mass is 16.5. The van der Waals surface area contributed by atoms with Crippen molar-refractivity contribution in [2.45, 2.75) is 20.4 Å². The van der Waals surface area contributed by atoms with Crippen molar-refractivity contribution >= 4 is 17.8 Å². The summed E-state index contributed by atoms with van der Waals surface area (Å²) >= 11 is 0. The lowest BCUT2D eigenvalue weighted by Gasteiger charge is -2.24. The molecule has 1 aliphatic rings. The summed E-state index contributed by atoms with van der Waals surface area (Å²) in [6.07, 6.45) is 1.84. The first-order chi connectivity index (χ1) is 11.3. The average Bonchev–Trinajstić information content (AvgIpc) is 3.10. The van der Waals surface area contributed by atoms with E-state index < -0.39 is 5.41 Å². The van der Waals surface area contributed by atoms with E-state index in [2.05, 4.69) is 15.3 Å². The molecular formula is C16H27N5O3. The van der Waals surface area contributed by atoms with Crippen LogP contribution >= 0.6 is 0 Å². The van der Waals surface area contributed by atoms with Crippen LogP contribution in [0, 0.1) is 11.3 Å². The minimum Gasteiger partial charge on any atom is -0.469 e. The minimum absolute atomic E-state index is 0.0355. The third-order valence-corrected chi connectivity index (χ3v) is 4.69. The van der Waals surface area contributed by atoms with Gasteiger partial charge in [-0.1, -0.05) is 6.92 Å². The zero-order valence-corrected chi connectivity index (χ0v) is 15.1. The first-order valence-corrected chi connectivity index (χ1v) is 8.09. The molecule has 1 aromatic rings. The molecule has 2 amide bonds. The van der Waals surface area contributed by atoms with Crippen molar-refractivity contribution in [2.75, 3.05) is 46.2 Å². The molecule has 2 atom stereocenters. The summed E-state index contributed by atoms with van der Waals surface area (Å²) in [6.45, 7) is 6.28. The van der Waals surface area contributed by atoms with Gasteiger partial charge in [0.25, 0.3) is 0 Å². The van der Waals surface area contributed by atoms with E-state index in [0.717, 1.165) is 13.1 Å². The molecule has 2 heterocycles. The summed E-state index contributed by atoms with van der Waals surface area (Å²) in [6, 6.07) is 1.53. The molecule has 8 nitrogen and oxygen atoms in total. The van der Waals surface area contributed by atoms with Crippen LogP contribution in [0.3, 0.4) is 0 Å². The number of hydrogen-bond acceptors (Lipinski definition) is 5. The first-order valence-electron chi connectivity index (χ1n) is 8.09. The smallest absolute Gasteiger partial charge is 0.323 e. The average molecular weight is 337 g/mol.